The van der Waals surface area contributed by atoms with Gasteiger partial charge in [0.1, 0.15) is 12.1 Å². The van der Waals surface area contributed by atoms with Crippen LogP contribution in [0.2, 0.25) is 0 Å². The Labute approximate surface area is 135 Å². The lowest BCUT2D eigenvalue weighted by atomic mass is 9.54. The van der Waals surface area contributed by atoms with E-state index in [1.807, 2.05) is 24.3 Å². The van der Waals surface area contributed by atoms with Gasteiger partial charge in [0.25, 0.3) is 0 Å². The quantitative estimate of drug-likeness (QED) is 0.789. The van der Waals surface area contributed by atoms with Gasteiger partial charge in [0, 0.05) is 31.1 Å². The monoisotopic (exact) mass is 317 g/mol. The zero-order valence-corrected chi connectivity index (χ0v) is 13.7. The molecule has 1 aromatic rings. The van der Waals surface area contributed by atoms with E-state index in [4.69, 9.17) is 5.73 Å². The van der Waals surface area contributed by atoms with Crippen LogP contribution in [-0.4, -0.2) is 47.1 Å². The first-order valence-corrected chi connectivity index (χ1v) is 7.79. The highest BCUT2D eigenvalue weighted by Gasteiger charge is 2.63. The van der Waals surface area contributed by atoms with Crippen molar-refractivity contribution in [1.82, 2.24) is 4.90 Å². The highest BCUT2D eigenvalue weighted by Crippen LogP contribution is 2.49. The smallest absolute Gasteiger partial charge is 0.246 e. The molecule has 0 unspecified atom stereocenters. The van der Waals surface area contributed by atoms with E-state index < -0.39 is 17.1 Å². The largest absolute Gasteiger partial charge is 0.392 e. The summed E-state index contributed by atoms with van der Waals surface area (Å²) in [6.45, 7) is 3.92. The summed E-state index contributed by atoms with van der Waals surface area (Å²) in [6.07, 6.45) is -0.379. The van der Waals surface area contributed by atoms with Crippen LogP contribution in [0.3, 0.4) is 0 Å². The van der Waals surface area contributed by atoms with Crippen molar-refractivity contribution < 1.29 is 14.7 Å². The number of nitrogens with zero attached hydrogens (tertiary/aromatic N) is 2. The van der Waals surface area contributed by atoms with E-state index in [-0.39, 0.29) is 24.8 Å². The number of nitrogens with two attached hydrogens (primary N) is 1. The van der Waals surface area contributed by atoms with Gasteiger partial charge < -0.3 is 20.6 Å². The summed E-state index contributed by atoms with van der Waals surface area (Å²) in [7, 11) is 1.71. The number of carbonyl (C=O) groups is 2. The predicted octanol–water partition coefficient (Wildman–Crippen LogP) is 0.480. The van der Waals surface area contributed by atoms with Crippen molar-refractivity contribution >= 4 is 17.5 Å². The van der Waals surface area contributed by atoms with Crippen molar-refractivity contribution in [2.24, 2.45) is 11.1 Å². The topological polar surface area (TPSA) is 86.9 Å². The number of amides is 2. The molecule has 124 valence electrons. The normalized spacial score (nSPS) is 29.6. The van der Waals surface area contributed by atoms with Crippen molar-refractivity contribution in [2.75, 3.05) is 18.5 Å². The number of hydrogen-bond acceptors (Lipinski definition) is 4. The second kappa shape index (κ2) is 5.04. The molecular formula is C17H23N3O3. The molecule has 1 aromatic carbocycles. The van der Waals surface area contributed by atoms with Crippen LogP contribution in [0, 0.1) is 5.41 Å². The highest BCUT2D eigenvalue weighted by atomic mass is 16.3. The minimum atomic E-state index is -1.13. The summed E-state index contributed by atoms with van der Waals surface area (Å²) in [6, 6.07) is 7.54. The second-order valence-corrected chi connectivity index (χ2v) is 7.16. The van der Waals surface area contributed by atoms with Crippen molar-refractivity contribution in [3.05, 3.63) is 29.8 Å². The third-order valence-corrected chi connectivity index (χ3v) is 5.58. The van der Waals surface area contributed by atoms with E-state index in [0.29, 0.717) is 6.54 Å². The van der Waals surface area contributed by atoms with Crippen LogP contribution < -0.4 is 10.6 Å². The molecule has 0 spiro atoms. The standard InChI is InChI=1S/C17H23N3O3/c1-16(2)13(21)8-17(16,18)15(23)20-9-11-6-4-5-7-12(11)19(3)14(22)10-20/h4-7,13,21H,8-10,18H2,1-3H3/t13-,17-/m0/s1. The predicted molar refractivity (Wildman–Crippen MR) is 86.6 cm³/mol. The molecular weight excluding hydrogens is 294 g/mol. The van der Waals surface area contributed by atoms with Crippen molar-refractivity contribution in [2.45, 2.75) is 38.5 Å². The van der Waals surface area contributed by atoms with Crippen LogP contribution >= 0.6 is 0 Å². The molecule has 0 bridgehead atoms. The fraction of sp³-hybridized carbons (Fsp3) is 0.529. The highest BCUT2D eigenvalue weighted by molar-refractivity contribution is 5.99. The first-order chi connectivity index (χ1) is 10.7. The van der Waals surface area contributed by atoms with Gasteiger partial charge in [-0.2, -0.15) is 0 Å². The molecule has 2 amide bonds. The Hall–Kier alpha value is -1.92. The Bertz CT molecular complexity index is 673. The summed E-state index contributed by atoms with van der Waals surface area (Å²) in [5.41, 5.74) is 6.21. The number of fused-ring (bicyclic) bond motifs is 1. The Kier molecular flexibility index (Phi) is 3.50. The third kappa shape index (κ3) is 2.16. The molecule has 1 saturated carbocycles. The molecule has 1 aliphatic carbocycles. The fourth-order valence-corrected chi connectivity index (χ4v) is 3.42. The molecule has 3 rings (SSSR count). The summed E-state index contributed by atoms with van der Waals surface area (Å²) in [5, 5.41) is 9.94. The molecule has 1 aliphatic heterocycles. The van der Waals surface area contributed by atoms with Gasteiger partial charge in [-0.1, -0.05) is 32.0 Å². The van der Waals surface area contributed by atoms with Gasteiger partial charge in [0.15, 0.2) is 0 Å². The summed E-state index contributed by atoms with van der Waals surface area (Å²) >= 11 is 0. The van der Waals surface area contributed by atoms with Crippen molar-refractivity contribution in [3.63, 3.8) is 0 Å². The first kappa shape index (κ1) is 16.0. The van der Waals surface area contributed by atoms with Gasteiger partial charge in [0.05, 0.1) is 6.10 Å². The Morgan fingerprint density at radius 3 is 2.57 bits per heavy atom. The molecule has 23 heavy (non-hydrogen) atoms. The molecule has 0 radical (unpaired) electrons. The van der Waals surface area contributed by atoms with Gasteiger partial charge in [0.2, 0.25) is 11.8 Å². The maximum atomic E-state index is 13.0. The Morgan fingerprint density at radius 1 is 1.30 bits per heavy atom. The molecule has 6 heteroatoms. The average molecular weight is 317 g/mol. The van der Waals surface area contributed by atoms with Crippen LogP contribution in [0.4, 0.5) is 5.69 Å². The van der Waals surface area contributed by atoms with Crippen molar-refractivity contribution in [3.8, 4) is 0 Å². The minimum Gasteiger partial charge on any atom is -0.392 e. The number of rotatable bonds is 1. The van der Waals surface area contributed by atoms with Crippen LogP contribution in [0.1, 0.15) is 25.8 Å². The lowest BCUT2D eigenvalue weighted by Crippen LogP contribution is -2.75. The number of anilines is 1. The van der Waals surface area contributed by atoms with E-state index in [2.05, 4.69) is 0 Å². The number of benzene rings is 1. The van der Waals surface area contributed by atoms with E-state index in [9.17, 15) is 14.7 Å². The average Bonchev–Trinajstić information content (AvgIpc) is 2.64. The zero-order chi connectivity index (χ0) is 17.0. The number of aliphatic hydroxyl groups is 1. The Balaban J connectivity index is 1.93. The summed E-state index contributed by atoms with van der Waals surface area (Å²) in [5.74, 6) is -0.421. The minimum absolute atomic E-state index is 0.00482. The zero-order valence-electron chi connectivity index (χ0n) is 13.7. The van der Waals surface area contributed by atoms with Crippen LogP contribution in [0.25, 0.3) is 0 Å². The fourth-order valence-electron chi connectivity index (χ4n) is 3.42. The van der Waals surface area contributed by atoms with Gasteiger partial charge >= 0.3 is 0 Å². The number of likely N-dealkylation sites (N-methyl/N-ethyl adjacent to an activating group) is 1. The van der Waals surface area contributed by atoms with Crippen molar-refractivity contribution in [1.29, 1.82) is 0 Å². The van der Waals surface area contributed by atoms with E-state index >= 15 is 0 Å². The SMILES string of the molecule is CN1C(=O)CN(C(=O)[C@@]2(N)C[C@H](O)C2(C)C)Cc2ccccc21. The maximum Gasteiger partial charge on any atom is 0.246 e. The van der Waals surface area contributed by atoms with Gasteiger partial charge in [-0.3, -0.25) is 9.59 Å². The lowest BCUT2D eigenvalue weighted by molar-refractivity contribution is -0.170. The van der Waals surface area contributed by atoms with Gasteiger partial charge in [-0.15, -0.1) is 0 Å². The number of para-hydroxylation sites is 1. The molecule has 3 N–H and O–H groups in total. The summed E-state index contributed by atoms with van der Waals surface area (Å²) in [4.78, 5) is 28.5. The molecule has 0 aromatic heterocycles. The molecule has 6 nitrogen and oxygen atoms in total. The lowest BCUT2D eigenvalue weighted by Gasteiger charge is -2.57. The number of hydrogen-bond donors (Lipinski definition) is 2. The van der Waals surface area contributed by atoms with E-state index in [0.717, 1.165) is 11.3 Å². The molecule has 0 saturated heterocycles. The Morgan fingerprint density at radius 2 is 1.96 bits per heavy atom. The third-order valence-electron chi connectivity index (χ3n) is 5.58. The first-order valence-electron chi connectivity index (χ1n) is 7.79. The van der Waals surface area contributed by atoms with Gasteiger partial charge in [-0.25, -0.2) is 0 Å². The van der Waals surface area contributed by atoms with E-state index in [1.54, 1.807) is 25.8 Å². The molecule has 2 atom stereocenters. The summed E-state index contributed by atoms with van der Waals surface area (Å²) < 4.78 is 0. The van der Waals surface area contributed by atoms with Crippen LogP contribution in [-0.2, 0) is 16.1 Å². The van der Waals surface area contributed by atoms with Gasteiger partial charge in [-0.05, 0) is 11.6 Å². The molecule has 2 aliphatic rings. The van der Waals surface area contributed by atoms with E-state index in [1.165, 1.54) is 4.90 Å². The van der Waals surface area contributed by atoms with Crippen LogP contribution in [0.5, 0.6) is 0 Å². The number of aliphatic hydroxyl groups excluding tert-OH is 1. The van der Waals surface area contributed by atoms with Crippen LogP contribution in [0.15, 0.2) is 24.3 Å². The molecule has 1 fully saturated rings. The second-order valence-electron chi connectivity index (χ2n) is 7.16. The maximum absolute atomic E-state index is 13.0. The number of carbonyl (C=O) groups excluding carboxylic acids is 2. The molecule has 1 heterocycles.